The molecule has 0 bridgehead atoms. The highest BCUT2D eigenvalue weighted by Gasteiger charge is 2.27. The smallest absolute Gasteiger partial charge is 0.328 e. The minimum Gasteiger partial charge on any atom is -0.481 e. The van der Waals surface area contributed by atoms with E-state index in [2.05, 4.69) is 62.4 Å². The first-order valence-corrected chi connectivity index (χ1v) is 16.2. The summed E-state index contributed by atoms with van der Waals surface area (Å²) in [6.07, 6.45) is 2.26. The summed E-state index contributed by atoms with van der Waals surface area (Å²) in [6.45, 7) is 0.943. The van der Waals surface area contributed by atoms with Gasteiger partial charge >= 0.3 is 17.9 Å². The van der Waals surface area contributed by atoms with Crippen LogP contribution in [0, 0.1) is 0 Å². The summed E-state index contributed by atoms with van der Waals surface area (Å²) in [5, 5.41) is 11.1. The molecule has 2 fully saturated rings. The SMILES string of the molecule is O=C(CCc1ccc(Br)cc1)N[C@H]1CCOC1=O.O=C(O)CCc1ccc(Br)cc1.O=C1OCC[C@@H]1NBr.[B][B]B([B])B([B])[B]. The van der Waals surface area contributed by atoms with Gasteiger partial charge in [0.25, 0.3) is 0 Å². The number of nitrogens with one attached hydrogen (secondary N) is 2. The zero-order chi connectivity index (χ0) is 33.8. The van der Waals surface area contributed by atoms with Crippen LogP contribution >= 0.6 is 48.0 Å². The Hall–Kier alpha value is -1.83. The molecule has 4 rings (SSSR count). The molecule has 227 valence electrons. The monoisotopic (exact) mass is 795 g/mol. The van der Waals surface area contributed by atoms with Crippen molar-refractivity contribution < 1.29 is 33.8 Å². The molecule has 0 saturated carbocycles. The number of carboxylic acid groups (broad SMARTS) is 1. The summed E-state index contributed by atoms with van der Waals surface area (Å²) < 4.78 is 14.1. The Morgan fingerprint density at radius 3 is 1.60 bits per heavy atom. The van der Waals surface area contributed by atoms with Crippen molar-refractivity contribution in [2.24, 2.45) is 0 Å². The highest BCUT2D eigenvalue weighted by Crippen LogP contribution is 2.13. The molecule has 2 atom stereocenters. The number of hydrogen-bond acceptors (Lipinski definition) is 7. The molecule has 2 aliphatic rings. The van der Waals surface area contributed by atoms with E-state index in [4.69, 9.17) is 40.8 Å². The fourth-order valence-corrected chi connectivity index (χ4v) is 4.37. The van der Waals surface area contributed by atoms with Gasteiger partial charge in [0.15, 0.2) is 0 Å². The Morgan fingerprint density at radius 2 is 1.29 bits per heavy atom. The predicted octanol–water partition coefficient (Wildman–Crippen LogP) is 1.82. The standard InChI is InChI=1S/C13H14BrNO3.C9H9BrO2.C4H6BrNO2.B7/c14-10-4-1-9(2-5-10)3-6-12(16)15-11-7-8-18-13(11)17;10-8-4-1-7(2-5-8)3-6-9(11)12;5-6-3-1-2-8-4(3)7;1-5-7(4)6(2)3/h1-2,4-5,11H,3,6-8H2,(H,15,16);1-2,4-5H,3,6H2,(H,11,12);3,6H,1-2H2;/t11-;;3-;/m0.0./s1. The number of benzene rings is 2. The maximum atomic E-state index is 11.7. The number of halogens is 3. The number of rotatable bonds is 10. The Bertz CT molecular complexity index is 1200. The molecule has 2 aliphatic heterocycles. The van der Waals surface area contributed by atoms with E-state index < -0.39 is 18.4 Å². The zero-order valence-electron chi connectivity index (χ0n) is 24.5. The topological polar surface area (TPSA) is 131 Å². The quantitative estimate of drug-likeness (QED) is 0.189. The lowest BCUT2D eigenvalue weighted by molar-refractivity contribution is -0.141. The first kappa shape index (κ1) is 41.2. The summed E-state index contributed by atoms with van der Waals surface area (Å²) in [4.78, 5) is 43.6. The van der Waals surface area contributed by atoms with Crippen LogP contribution in [-0.4, -0.2) is 105 Å². The van der Waals surface area contributed by atoms with Crippen molar-refractivity contribution >= 4 is 123 Å². The molecule has 0 aliphatic carbocycles. The molecule has 2 saturated heterocycles. The maximum absolute atomic E-state index is 11.7. The fraction of sp³-hybridized carbons (Fsp3) is 0.385. The summed E-state index contributed by atoms with van der Waals surface area (Å²) >= 11 is 9.63. The average Bonchev–Trinajstić information content (AvgIpc) is 3.63. The summed E-state index contributed by atoms with van der Waals surface area (Å²) in [7, 11) is 21.6. The number of carbonyl (C=O) groups excluding carboxylic acids is 3. The van der Waals surface area contributed by atoms with Crippen LogP contribution in [-0.2, 0) is 41.5 Å². The molecule has 45 heavy (non-hydrogen) atoms. The number of aryl methyl sites for hydroxylation is 2. The number of aliphatic carboxylic acids is 1. The van der Waals surface area contributed by atoms with E-state index in [1.807, 2.05) is 48.5 Å². The van der Waals surface area contributed by atoms with Crippen LogP contribution in [0.3, 0.4) is 0 Å². The minimum absolute atomic E-state index is 0.109. The third kappa shape index (κ3) is 18.8. The van der Waals surface area contributed by atoms with Gasteiger partial charge in [-0.3, -0.25) is 14.4 Å². The van der Waals surface area contributed by atoms with Crippen LogP contribution in [0.2, 0.25) is 0 Å². The van der Waals surface area contributed by atoms with Gasteiger partial charge in [-0.2, -0.15) is 0 Å². The molecular formula is C26H29B7Br3N2O7. The van der Waals surface area contributed by atoms with Gasteiger partial charge < -0.3 is 19.9 Å². The van der Waals surface area contributed by atoms with Crippen LogP contribution in [0.4, 0.5) is 0 Å². The number of ether oxygens (including phenoxy) is 2. The number of hydrogen-bond donors (Lipinski definition) is 3. The van der Waals surface area contributed by atoms with Gasteiger partial charge in [-0.1, -0.05) is 56.1 Å². The molecule has 0 spiro atoms. The summed E-state index contributed by atoms with van der Waals surface area (Å²) in [6, 6.07) is 14.9. The normalized spacial score (nSPS) is 16.2. The number of carbonyl (C=O) groups is 4. The summed E-state index contributed by atoms with van der Waals surface area (Å²) in [5.74, 6) is -1.35. The Labute approximate surface area is 296 Å². The lowest BCUT2D eigenvalue weighted by Gasteiger charge is -2.08. The maximum Gasteiger partial charge on any atom is 0.328 e. The molecule has 0 unspecified atom stereocenters. The van der Waals surface area contributed by atoms with Crippen molar-refractivity contribution in [3.8, 4) is 0 Å². The van der Waals surface area contributed by atoms with E-state index in [0.717, 1.165) is 26.5 Å². The van der Waals surface area contributed by atoms with Gasteiger partial charge in [-0.15, -0.1) is 0 Å². The molecule has 9 nitrogen and oxygen atoms in total. The minimum atomic E-state index is -0.752. The molecule has 1 amide bonds. The molecule has 3 N–H and O–H groups in total. The van der Waals surface area contributed by atoms with Crippen LogP contribution in [0.5, 0.6) is 0 Å². The second-order valence-corrected chi connectivity index (χ2v) is 12.0. The van der Waals surface area contributed by atoms with Crippen LogP contribution in [0.15, 0.2) is 57.5 Å². The van der Waals surface area contributed by atoms with Crippen molar-refractivity contribution in [2.75, 3.05) is 13.2 Å². The number of amides is 1. The van der Waals surface area contributed by atoms with E-state index in [1.54, 1.807) is 0 Å². The van der Waals surface area contributed by atoms with Crippen molar-refractivity contribution in [1.29, 1.82) is 0 Å². The van der Waals surface area contributed by atoms with E-state index in [9.17, 15) is 19.2 Å². The zero-order valence-corrected chi connectivity index (χ0v) is 29.3. The first-order valence-electron chi connectivity index (χ1n) is 13.9. The Kier molecular flexibility index (Phi) is 21.5. The molecule has 19 heteroatoms. The van der Waals surface area contributed by atoms with Crippen molar-refractivity contribution in [3.63, 3.8) is 0 Å². The van der Waals surface area contributed by atoms with Crippen molar-refractivity contribution in [2.45, 2.75) is 50.6 Å². The lowest BCUT2D eigenvalue weighted by Crippen LogP contribution is -2.43. The highest BCUT2D eigenvalue weighted by molar-refractivity contribution is 9.10. The highest BCUT2D eigenvalue weighted by atomic mass is 79.9. The van der Waals surface area contributed by atoms with Gasteiger partial charge in [0.05, 0.1) is 13.2 Å². The fourth-order valence-electron chi connectivity index (χ4n) is 3.43. The second-order valence-electron chi connectivity index (χ2n) is 9.69. The Balaban J connectivity index is 0.000000324. The molecule has 2 aromatic carbocycles. The Morgan fingerprint density at radius 1 is 0.844 bits per heavy atom. The molecule has 2 aromatic rings. The third-order valence-electron chi connectivity index (χ3n) is 6.10. The molecule has 9 radical (unpaired) electrons. The van der Waals surface area contributed by atoms with Gasteiger partial charge in [0, 0.05) is 102 Å². The van der Waals surface area contributed by atoms with E-state index in [1.165, 1.54) is 7.06 Å². The van der Waals surface area contributed by atoms with Crippen LogP contribution < -0.4 is 9.66 Å². The van der Waals surface area contributed by atoms with Gasteiger partial charge in [0.2, 0.25) is 5.91 Å². The predicted molar refractivity (Wildman–Crippen MR) is 192 cm³/mol. The molecular weight excluding hydrogens is 768 g/mol. The van der Waals surface area contributed by atoms with Gasteiger partial charge in [-0.25, -0.2) is 9.14 Å². The largest absolute Gasteiger partial charge is 0.481 e. The van der Waals surface area contributed by atoms with E-state index in [-0.39, 0.29) is 36.7 Å². The van der Waals surface area contributed by atoms with E-state index in [0.29, 0.717) is 38.9 Å². The molecule has 0 aromatic heterocycles. The van der Waals surface area contributed by atoms with Crippen molar-refractivity contribution in [3.05, 3.63) is 68.6 Å². The van der Waals surface area contributed by atoms with E-state index >= 15 is 0 Å². The van der Waals surface area contributed by atoms with Gasteiger partial charge in [0.1, 0.15) is 12.1 Å². The molecule has 2 heterocycles. The van der Waals surface area contributed by atoms with Crippen LogP contribution in [0.1, 0.15) is 36.8 Å². The second kappa shape index (κ2) is 23.5. The van der Waals surface area contributed by atoms with Crippen LogP contribution in [0.25, 0.3) is 0 Å². The third-order valence-corrected chi connectivity index (χ3v) is 7.71. The number of cyclic esters (lactones) is 2. The lowest BCUT2D eigenvalue weighted by atomic mass is 8.76. The average molecular weight is 797 g/mol. The van der Waals surface area contributed by atoms with Crippen molar-refractivity contribution in [1.82, 2.24) is 9.66 Å². The number of esters is 2. The van der Waals surface area contributed by atoms with Gasteiger partial charge in [-0.05, 0) is 48.2 Å². The number of carboxylic acids is 1. The first-order chi connectivity index (χ1) is 21.4. The summed E-state index contributed by atoms with van der Waals surface area (Å²) in [5.41, 5.74) is 2.16.